The van der Waals surface area contributed by atoms with Gasteiger partial charge in [0.15, 0.2) is 5.13 Å². The van der Waals surface area contributed by atoms with Crippen molar-refractivity contribution in [1.82, 2.24) is 9.36 Å². The van der Waals surface area contributed by atoms with Crippen LogP contribution in [0.5, 0.6) is 5.75 Å². The molecule has 0 aliphatic rings. The summed E-state index contributed by atoms with van der Waals surface area (Å²) < 4.78 is 9.52. The van der Waals surface area contributed by atoms with E-state index >= 15 is 0 Å². The van der Waals surface area contributed by atoms with Crippen molar-refractivity contribution in [2.75, 3.05) is 12.8 Å². The molecule has 0 saturated carbocycles. The molecule has 19 heavy (non-hydrogen) atoms. The minimum Gasteiger partial charge on any atom is -0.497 e. The maximum Gasteiger partial charge on any atom is 0.199 e. The third kappa shape index (κ3) is 2.37. The van der Waals surface area contributed by atoms with Gasteiger partial charge in [0, 0.05) is 18.0 Å². The van der Waals surface area contributed by atoms with Gasteiger partial charge in [-0.25, -0.2) is 4.98 Å². The van der Waals surface area contributed by atoms with Gasteiger partial charge in [-0.3, -0.25) is 0 Å². The van der Waals surface area contributed by atoms with Crippen molar-refractivity contribution in [3.63, 3.8) is 0 Å². The fourth-order valence-corrected chi connectivity index (χ4v) is 2.56. The summed E-state index contributed by atoms with van der Waals surface area (Å²) in [5.74, 6) is 1.61. The lowest BCUT2D eigenvalue weighted by molar-refractivity contribution is 0.415. The first kappa shape index (κ1) is 11.9. The van der Waals surface area contributed by atoms with Crippen molar-refractivity contribution in [2.24, 2.45) is 0 Å². The highest BCUT2D eigenvalue weighted by Gasteiger charge is 2.07. The SMILES string of the molecule is COc1ccc2cccc(Cc3nsc(N)n3)c2c1. The van der Waals surface area contributed by atoms with E-state index in [2.05, 4.69) is 27.6 Å². The van der Waals surface area contributed by atoms with Gasteiger partial charge in [-0.2, -0.15) is 4.37 Å². The fraction of sp³-hybridized carbons (Fsp3) is 0.143. The van der Waals surface area contributed by atoms with E-state index in [9.17, 15) is 0 Å². The number of rotatable bonds is 3. The monoisotopic (exact) mass is 271 g/mol. The summed E-state index contributed by atoms with van der Waals surface area (Å²) in [6.45, 7) is 0. The second-order valence-electron chi connectivity index (χ2n) is 4.23. The number of benzene rings is 2. The molecule has 2 aromatic carbocycles. The van der Waals surface area contributed by atoms with Crippen LogP contribution in [0.25, 0.3) is 10.8 Å². The van der Waals surface area contributed by atoms with Gasteiger partial charge in [0.2, 0.25) is 0 Å². The summed E-state index contributed by atoms with van der Waals surface area (Å²) in [4.78, 5) is 4.21. The summed E-state index contributed by atoms with van der Waals surface area (Å²) in [6, 6.07) is 12.3. The van der Waals surface area contributed by atoms with E-state index in [0.717, 1.165) is 17.0 Å². The average Bonchev–Trinajstić information content (AvgIpc) is 2.84. The van der Waals surface area contributed by atoms with E-state index in [0.29, 0.717) is 11.6 Å². The van der Waals surface area contributed by atoms with Crippen molar-refractivity contribution in [3.8, 4) is 5.75 Å². The Labute approximate surface area is 115 Å². The molecular weight excluding hydrogens is 258 g/mol. The van der Waals surface area contributed by atoms with Gasteiger partial charge in [0.25, 0.3) is 0 Å². The standard InChI is InChI=1S/C14H13N3OS/c1-18-11-6-5-9-3-2-4-10(12(9)8-11)7-13-16-14(15)19-17-13/h2-6,8H,7H2,1H3,(H2,15,16,17). The van der Waals surface area contributed by atoms with Crippen molar-refractivity contribution in [1.29, 1.82) is 0 Å². The van der Waals surface area contributed by atoms with Crippen LogP contribution in [0, 0.1) is 0 Å². The Morgan fingerprint density at radius 3 is 2.89 bits per heavy atom. The Morgan fingerprint density at radius 2 is 2.16 bits per heavy atom. The maximum absolute atomic E-state index is 5.62. The van der Waals surface area contributed by atoms with E-state index in [-0.39, 0.29) is 0 Å². The molecule has 1 aromatic heterocycles. The molecule has 4 nitrogen and oxygen atoms in total. The third-order valence-corrected chi connectivity index (χ3v) is 3.59. The van der Waals surface area contributed by atoms with Crippen molar-refractivity contribution < 1.29 is 4.74 Å². The fourth-order valence-electron chi connectivity index (χ4n) is 2.11. The molecule has 3 aromatic rings. The molecule has 96 valence electrons. The molecule has 0 radical (unpaired) electrons. The number of hydrogen-bond donors (Lipinski definition) is 1. The second-order valence-corrected chi connectivity index (χ2v) is 5.01. The van der Waals surface area contributed by atoms with Gasteiger partial charge >= 0.3 is 0 Å². The minimum atomic E-state index is 0.507. The largest absolute Gasteiger partial charge is 0.497 e. The van der Waals surface area contributed by atoms with Crippen LogP contribution in [-0.4, -0.2) is 16.5 Å². The summed E-state index contributed by atoms with van der Waals surface area (Å²) in [6.07, 6.45) is 0.679. The van der Waals surface area contributed by atoms with Crippen molar-refractivity contribution in [2.45, 2.75) is 6.42 Å². The number of nitrogens with zero attached hydrogens (tertiary/aromatic N) is 2. The molecule has 0 fully saturated rings. The van der Waals surface area contributed by atoms with Gasteiger partial charge in [-0.15, -0.1) is 0 Å². The topological polar surface area (TPSA) is 61.0 Å². The number of methoxy groups -OCH3 is 1. The molecular formula is C14H13N3OS. The number of ether oxygens (including phenoxy) is 1. The van der Waals surface area contributed by atoms with Crippen molar-refractivity contribution in [3.05, 3.63) is 47.8 Å². The summed E-state index contributed by atoms with van der Waals surface area (Å²) in [5, 5.41) is 2.85. The molecule has 0 aliphatic carbocycles. The van der Waals surface area contributed by atoms with Crippen LogP contribution in [0.4, 0.5) is 5.13 Å². The van der Waals surface area contributed by atoms with E-state index in [1.165, 1.54) is 22.5 Å². The molecule has 0 saturated heterocycles. The Hall–Kier alpha value is -2.14. The molecule has 0 unspecified atom stereocenters. The molecule has 0 amide bonds. The predicted molar refractivity (Wildman–Crippen MR) is 77.6 cm³/mol. The summed E-state index contributed by atoms with van der Waals surface area (Å²) in [5.41, 5.74) is 6.79. The molecule has 3 rings (SSSR count). The smallest absolute Gasteiger partial charge is 0.199 e. The number of nitrogen functional groups attached to an aromatic ring is 1. The van der Waals surface area contributed by atoms with Gasteiger partial charge in [0.05, 0.1) is 7.11 Å². The zero-order valence-corrected chi connectivity index (χ0v) is 11.3. The first-order chi connectivity index (χ1) is 9.26. The Kier molecular flexibility index (Phi) is 3.05. The van der Waals surface area contributed by atoms with E-state index < -0.39 is 0 Å². The summed E-state index contributed by atoms with van der Waals surface area (Å²) >= 11 is 1.23. The lowest BCUT2D eigenvalue weighted by Crippen LogP contribution is -1.93. The normalized spacial score (nSPS) is 10.8. The highest BCUT2D eigenvalue weighted by atomic mass is 32.1. The molecule has 0 aliphatic heterocycles. The van der Waals surface area contributed by atoms with Crippen LogP contribution < -0.4 is 10.5 Å². The van der Waals surface area contributed by atoms with Gasteiger partial charge in [-0.1, -0.05) is 24.3 Å². The lowest BCUT2D eigenvalue weighted by Gasteiger charge is -2.07. The van der Waals surface area contributed by atoms with Gasteiger partial charge < -0.3 is 10.5 Å². The molecule has 1 heterocycles. The van der Waals surface area contributed by atoms with Crippen LogP contribution >= 0.6 is 11.5 Å². The molecule has 0 spiro atoms. The van der Waals surface area contributed by atoms with Crippen LogP contribution in [0.3, 0.4) is 0 Å². The zero-order valence-electron chi connectivity index (χ0n) is 10.5. The molecule has 0 bridgehead atoms. The van der Waals surface area contributed by atoms with E-state index in [4.69, 9.17) is 10.5 Å². The number of anilines is 1. The highest BCUT2D eigenvalue weighted by Crippen LogP contribution is 2.25. The van der Waals surface area contributed by atoms with Crippen LogP contribution in [-0.2, 0) is 6.42 Å². The maximum atomic E-state index is 5.62. The zero-order chi connectivity index (χ0) is 13.2. The van der Waals surface area contributed by atoms with Crippen molar-refractivity contribution >= 4 is 27.4 Å². The summed E-state index contributed by atoms with van der Waals surface area (Å²) in [7, 11) is 1.67. The molecule has 2 N–H and O–H groups in total. The number of aromatic nitrogens is 2. The van der Waals surface area contributed by atoms with E-state index in [1.807, 2.05) is 18.2 Å². The Morgan fingerprint density at radius 1 is 1.26 bits per heavy atom. The minimum absolute atomic E-state index is 0.507. The van der Waals surface area contributed by atoms with E-state index in [1.54, 1.807) is 7.11 Å². The van der Waals surface area contributed by atoms with Gasteiger partial charge in [-0.05, 0) is 28.5 Å². The first-order valence-corrected chi connectivity index (χ1v) is 6.67. The van der Waals surface area contributed by atoms with Crippen LogP contribution in [0.1, 0.15) is 11.4 Å². The molecule has 0 atom stereocenters. The third-order valence-electron chi connectivity index (χ3n) is 3.01. The predicted octanol–water partition coefficient (Wildman–Crippen LogP) is 2.87. The van der Waals surface area contributed by atoms with Crippen LogP contribution in [0.15, 0.2) is 36.4 Å². The van der Waals surface area contributed by atoms with Gasteiger partial charge in [0.1, 0.15) is 11.6 Å². The number of nitrogens with two attached hydrogens (primary N) is 1. The highest BCUT2D eigenvalue weighted by molar-refractivity contribution is 7.09. The number of fused-ring (bicyclic) bond motifs is 1. The Balaban J connectivity index is 2.06. The quantitative estimate of drug-likeness (QED) is 0.795. The van der Waals surface area contributed by atoms with Crippen LogP contribution in [0.2, 0.25) is 0 Å². The lowest BCUT2D eigenvalue weighted by atomic mass is 10.0. The molecule has 5 heteroatoms. The number of hydrogen-bond acceptors (Lipinski definition) is 5. The Bertz CT molecular complexity index is 724. The second kappa shape index (κ2) is 4.85. The average molecular weight is 271 g/mol. The first-order valence-electron chi connectivity index (χ1n) is 5.90.